The van der Waals surface area contributed by atoms with Gasteiger partial charge in [0.2, 0.25) is 0 Å². The molecular formula is C18H28N2O2S. The minimum absolute atomic E-state index is 0.296. The molecule has 0 saturated heterocycles. The second kappa shape index (κ2) is 10.4. The molecule has 2 aromatic heterocycles. The predicted octanol–water partition coefficient (Wildman–Crippen LogP) is 5.58. The lowest BCUT2D eigenvalue weighted by atomic mass is 10.1. The van der Waals surface area contributed by atoms with Crippen LogP contribution in [-0.4, -0.2) is 11.5 Å². The fourth-order valence-corrected chi connectivity index (χ4v) is 3.40. The molecule has 0 unspecified atom stereocenters. The van der Waals surface area contributed by atoms with E-state index in [1.165, 1.54) is 69.1 Å². The molecule has 0 saturated carbocycles. The van der Waals surface area contributed by atoms with Crippen LogP contribution < -0.4 is 10.9 Å². The molecule has 0 aromatic carbocycles. The van der Waals surface area contributed by atoms with Gasteiger partial charge in [-0.25, -0.2) is 4.79 Å². The van der Waals surface area contributed by atoms with Gasteiger partial charge >= 0.3 is 5.63 Å². The second-order valence-electron chi connectivity index (χ2n) is 6.05. The van der Waals surface area contributed by atoms with Gasteiger partial charge in [0.15, 0.2) is 0 Å². The van der Waals surface area contributed by atoms with E-state index in [0.29, 0.717) is 10.7 Å². The van der Waals surface area contributed by atoms with E-state index in [9.17, 15) is 4.79 Å². The number of anilines is 1. The smallest absolute Gasteiger partial charge is 0.358 e. The zero-order chi connectivity index (χ0) is 16.3. The van der Waals surface area contributed by atoms with Crippen molar-refractivity contribution < 1.29 is 4.42 Å². The summed E-state index contributed by atoms with van der Waals surface area (Å²) < 4.78 is 5.77. The average molecular weight is 337 g/mol. The van der Waals surface area contributed by atoms with Crippen molar-refractivity contribution in [3.63, 3.8) is 0 Å². The summed E-state index contributed by atoms with van der Waals surface area (Å²) in [7, 11) is 0. The van der Waals surface area contributed by atoms with Crippen LogP contribution in [0.25, 0.3) is 10.2 Å². The van der Waals surface area contributed by atoms with Crippen LogP contribution in [0.15, 0.2) is 20.7 Å². The lowest BCUT2D eigenvalue weighted by Crippen LogP contribution is -2.07. The highest BCUT2D eigenvalue weighted by atomic mass is 32.1. The molecule has 0 spiro atoms. The van der Waals surface area contributed by atoms with E-state index in [1.54, 1.807) is 0 Å². The third kappa shape index (κ3) is 6.34. The Balaban J connectivity index is 1.52. The van der Waals surface area contributed by atoms with Gasteiger partial charge in [-0.2, -0.15) is 4.98 Å². The van der Waals surface area contributed by atoms with Crippen LogP contribution in [0, 0.1) is 0 Å². The van der Waals surface area contributed by atoms with E-state index in [1.807, 2.05) is 11.4 Å². The fraction of sp³-hybridized carbons (Fsp3) is 0.667. The van der Waals surface area contributed by atoms with Crippen molar-refractivity contribution in [2.45, 2.75) is 71.1 Å². The van der Waals surface area contributed by atoms with Crippen molar-refractivity contribution in [2.24, 2.45) is 0 Å². The van der Waals surface area contributed by atoms with E-state index >= 15 is 0 Å². The molecule has 23 heavy (non-hydrogen) atoms. The van der Waals surface area contributed by atoms with Crippen molar-refractivity contribution >= 4 is 27.6 Å². The average Bonchev–Trinajstić information content (AvgIpc) is 3.02. The van der Waals surface area contributed by atoms with E-state index in [-0.39, 0.29) is 5.63 Å². The first-order valence-electron chi connectivity index (χ1n) is 8.93. The fourth-order valence-electron chi connectivity index (χ4n) is 2.69. The van der Waals surface area contributed by atoms with E-state index in [2.05, 4.69) is 17.2 Å². The number of unbranched alkanes of at least 4 members (excludes halogenated alkanes) is 9. The van der Waals surface area contributed by atoms with Gasteiger partial charge in [-0.3, -0.25) is 0 Å². The molecule has 0 fully saturated rings. The number of fused-ring (bicyclic) bond motifs is 1. The monoisotopic (exact) mass is 336 g/mol. The van der Waals surface area contributed by atoms with Gasteiger partial charge in [0, 0.05) is 6.54 Å². The summed E-state index contributed by atoms with van der Waals surface area (Å²) in [5.41, 5.74) is 0.424. The minimum Gasteiger partial charge on any atom is -0.388 e. The van der Waals surface area contributed by atoms with Crippen LogP contribution in [0.2, 0.25) is 0 Å². The molecule has 128 valence electrons. The van der Waals surface area contributed by atoms with Crippen molar-refractivity contribution in [1.29, 1.82) is 0 Å². The second-order valence-corrected chi connectivity index (χ2v) is 6.97. The highest BCUT2D eigenvalue weighted by molar-refractivity contribution is 7.17. The Morgan fingerprint density at radius 1 is 1.04 bits per heavy atom. The van der Waals surface area contributed by atoms with Crippen molar-refractivity contribution in [1.82, 2.24) is 4.98 Å². The number of nitrogens with one attached hydrogen (secondary N) is 1. The molecule has 5 heteroatoms. The zero-order valence-electron chi connectivity index (χ0n) is 14.1. The molecule has 1 N–H and O–H groups in total. The van der Waals surface area contributed by atoms with Gasteiger partial charge in [-0.15, -0.1) is 11.3 Å². The van der Waals surface area contributed by atoms with Gasteiger partial charge in [0.25, 0.3) is 6.01 Å². The number of aromatic nitrogens is 1. The summed E-state index contributed by atoms with van der Waals surface area (Å²) >= 11 is 1.37. The number of rotatable bonds is 12. The first kappa shape index (κ1) is 18.0. The van der Waals surface area contributed by atoms with Crippen molar-refractivity contribution in [3.05, 3.63) is 21.9 Å². The van der Waals surface area contributed by atoms with Gasteiger partial charge in [0.1, 0.15) is 4.70 Å². The van der Waals surface area contributed by atoms with Gasteiger partial charge in [0.05, 0.1) is 5.52 Å². The molecule has 0 aliphatic heterocycles. The minimum atomic E-state index is -0.296. The summed E-state index contributed by atoms with van der Waals surface area (Å²) in [5, 5.41) is 4.98. The Bertz CT molecular complexity index is 621. The number of thiophene rings is 1. The molecule has 2 aromatic rings. The Kier molecular flexibility index (Phi) is 8.15. The van der Waals surface area contributed by atoms with E-state index < -0.39 is 0 Å². The molecule has 2 rings (SSSR count). The lowest BCUT2D eigenvalue weighted by molar-refractivity contribution is 0.514. The zero-order valence-corrected chi connectivity index (χ0v) is 14.9. The van der Waals surface area contributed by atoms with Crippen LogP contribution in [-0.2, 0) is 0 Å². The maximum Gasteiger partial charge on any atom is 0.358 e. The third-order valence-corrected chi connectivity index (χ3v) is 4.93. The number of hydrogen-bond acceptors (Lipinski definition) is 5. The molecule has 0 bridgehead atoms. The first-order chi connectivity index (χ1) is 11.3. The SMILES string of the molecule is CCCCCCCCCCCCNc1nc2ccsc2c(=O)o1. The molecule has 0 atom stereocenters. The highest BCUT2D eigenvalue weighted by Crippen LogP contribution is 2.16. The van der Waals surface area contributed by atoms with Crippen LogP contribution in [0.3, 0.4) is 0 Å². The Morgan fingerprint density at radius 3 is 2.39 bits per heavy atom. The predicted molar refractivity (Wildman–Crippen MR) is 98.5 cm³/mol. The van der Waals surface area contributed by atoms with Crippen LogP contribution in [0.5, 0.6) is 0 Å². The Labute approximate surface area is 142 Å². The molecule has 0 aliphatic carbocycles. The maximum atomic E-state index is 11.7. The van der Waals surface area contributed by atoms with Crippen LogP contribution >= 0.6 is 11.3 Å². The normalized spacial score (nSPS) is 11.2. The lowest BCUT2D eigenvalue weighted by Gasteiger charge is -2.04. The van der Waals surface area contributed by atoms with E-state index in [4.69, 9.17) is 4.42 Å². The molecule has 2 heterocycles. The largest absolute Gasteiger partial charge is 0.388 e. The standard InChI is InChI=1S/C18H28N2O2S/c1-2-3-4-5-6-7-8-9-10-11-13-19-18-20-15-12-14-23-16(15)17(21)22-18/h12,14H,2-11,13H2,1H3,(H,19,20). The van der Waals surface area contributed by atoms with Gasteiger partial charge < -0.3 is 9.73 Å². The molecule has 0 radical (unpaired) electrons. The maximum absolute atomic E-state index is 11.7. The third-order valence-electron chi connectivity index (χ3n) is 4.05. The quantitative estimate of drug-likeness (QED) is 0.514. The molecule has 0 aliphatic rings. The molecular weight excluding hydrogens is 308 g/mol. The van der Waals surface area contributed by atoms with Crippen molar-refractivity contribution in [2.75, 3.05) is 11.9 Å². The summed E-state index contributed by atoms with van der Waals surface area (Å²) in [6.07, 6.45) is 13.2. The van der Waals surface area contributed by atoms with Gasteiger partial charge in [-0.1, -0.05) is 64.7 Å². The van der Waals surface area contributed by atoms with Crippen molar-refractivity contribution in [3.8, 4) is 0 Å². The van der Waals surface area contributed by atoms with Gasteiger partial charge in [-0.05, 0) is 17.9 Å². The summed E-state index contributed by atoms with van der Waals surface area (Å²) in [6, 6.07) is 2.19. The molecule has 0 amide bonds. The van der Waals surface area contributed by atoms with E-state index in [0.717, 1.165) is 18.5 Å². The summed E-state index contributed by atoms with van der Waals surface area (Å²) in [6.45, 7) is 3.06. The Hall–Kier alpha value is -1.36. The van der Waals surface area contributed by atoms with Crippen LogP contribution in [0.4, 0.5) is 6.01 Å². The number of nitrogens with zero attached hydrogens (tertiary/aromatic N) is 1. The first-order valence-corrected chi connectivity index (χ1v) is 9.81. The highest BCUT2D eigenvalue weighted by Gasteiger charge is 2.06. The molecule has 4 nitrogen and oxygen atoms in total. The topological polar surface area (TPSA) is 55.1 Å². The summed E-state index contributed by atoms with van der Waals surface area (Å²) in [5.74, 6) is 0. The van der Waals surface area contributed by atoms with Crippen LogP contribution in [0.1, 0.15) is 71.1 Å². The Morgan fingerprint density at radius 2 is 1.70 bits per heavy atom. The summed E-state index contributed by atoms with van der Waals surface area (Å²) in [4.78, 5) is 16.0. The number of hydrogen-bond donors (Lipinski definition) is 1.